The summed E-state index contributed by atoms with van der Waals surface area (Å²) in [6.45, 7) is 4.87. The second-order valence-corrected chi connectivity index (χ2v) is 10.00. The van der Waals surface area contributed by atoms with Crippen molar-refractivity contribution in [3.63, 3.8) is 0 Å². The van der Waals surface area contributed by atoms with E-state index in [1.54, 1.807) is 35.6 Å². The molecule has 4 nitrogen and oxygen atoms in total. The Balaban J connectivity index is 1.22. The van der Waals surface area contributed by atoms with Crippen molar-refractivity contribution in [2.45, 2.75) is 12.7 Å². The first kappa shape index (κ1) is 25.0. The predicted octanol–water partition coefficient (Wildman–Crippen LogP) is 7.01. The SMILES string of the molecule is O=C(Nc1ccc(N2CCN(Cc3cccs3)CC2)cc1)c1ccccc1-c1ccc(C(F)(F)F)cc1. The van der Waals surface area contributed by atoms with Gasteiger partial charge in [-0.05, 0) is 65.0 Å². The van der Waals surface area contributed by atoms with Gasteiger partial charge < -0.3 is 10.2 Å². The number of hydrogen-bond acceptors (Lipinski definition) is 4. The molecule has 2 heterocycles. The molecule has 0 radical (unpaired) electrons. The van der Waals surface area contributed by atoms with E-state index < -0.39 is 11.7 Å². The fourth-order valence-corrected chi connectivity index (χ4v) is 5.26. The molecular weight excluding hydrogens is 495 g/mol. The summed E-state index contributed by atoms with van der Waals surface area (Å²) in [5, 5.41) is 5.03. The molecule has 0 aliphatic carbocycles. The summed E-state index contributed by atoms with van der Waals surface area (Å²) in [5.41, 5.74) is 2.57. The number of carbonyl (C=O) groups excluding carboxylic acids is 1. The number of benzene rings is 3. The highest BCUT2D eigenvalue weighted by molar-refractivity contribution is 7.09. The van der Waals surface area contributed by atoms with E-state index in [2.05, 4.69) is 32.6 Å². The highest BCUT2D eigenvalue weighted by Crippen LogP contribution is 2.32. The normalized spacial score (nSPS) is 14.5. The lowest BCUT2D eigenvalue weighted by Crippen LogP contribution is -2.45. The molecule has 3 aromatic carbocycles. The molecule has 0 spiro atoms. The Morgan fingerprint density at radius 3 is 2.19 bits per heavy atom. The summed E-state index contributed by atoms with van der Waals surface area (Å²) in [5.74, 6) is -0.314. The van der Waals surface area contributed by atoms with Gasteiger partial charge >= 0.3 is 6.18 Å². The summed E-state index contributed by atoms with van der Waals surface area (Å²) in [6.07, 6.45) is -4.40. The Morgan fingerprint density at radius 2 is 1.54 bits per heavy atom. The topological polar surface area (TPSA) is 35.6 Å². The van der Waals surface area contributed by atoms with E-state index in [0.717, 1.165) is 50.5 Å². The number of halogens is 3. The predicted molar refractivity (Wildman–Crippen MR) is 143 cm³/mol. The zero-order valence-electron chi connectivity index (χ0n) is 20.0. The van der Waals surface area contributed by atoms with Crippen molar-refractivity contribution in [3.05, 3.63) is 106 Å². The molecule has 190 valence electrons. The van der Waals surface area contributed by atoms with Gasteiger partial charge in [-0.25, -0.2) is 0 Å². The minimum atomic E-state index is -4.40. The lowest BCUT2D eigenvalue weighted by Gasteiger charge is -2.36. The van der Waals surface area contributed by atoms with Gasteiger partial charge in [-0.3, -0.25) is 9.69 Å². The molecule has 1 fully saturated rings. The molecule has 1 aliphatic rings. The van der Waals surface area contributed by atoms with Crippen LogP contribution in [0.2, 0.25) is 0 Å². The number of carbonyl (C=O) groups is 1. The van der Waals surface area contributed by atoms with Crippen molar-refractivity contribution in [3.8, 4) is 11.1 Å². The number of nitrogens with zero attached hydrogens (tertiary/aromatic N) is 2. The molecule has 1 amide bonds. The maximum atomic E-state index is 13.1. The first-order valence-corrected chi connectivity index (χ1v) is 12.9. The number of rotatable bonds is 6. The Morgan fingerprint density at radius 1 is 0.838 bits per heavy atom. The molecule has 4 aromatic rings. The molecule has 1 aromatic heterocycles. The highest BCUT2D eigenvalue weighted by Gasteiger charge is 2.30. The minimum absolute atomic E-state index is 0.314. The van der Waals surface area contributed by atoms with Gasteiger partial charge in [0, 0.05) is 54.5 Å². The van der Waals surface area contributed by atoms with E-state index in [4.69, 9.17) is 0 Å². The Hall–Kier alpha value is -3.62. The van der Waals surface area contributed by atoms with Crippen molar-refractivity contribution in [2.75, 3.05) is 36.4 Å². The Labute approximate surface area is 218 Å². The molecule has 1 N–H and O–H groups in total. The quantitative estimate of drug-likeness (QED) is 0.297. The van der Waals surface area contributed by atoms with Crippen molar-refractivity contribution in [2.24, 2.45) is 0 Å². The van der Waals surface area contributed by atoms with Gasteiger partial charge in [0.25, 0.3) is 5.91 Å². The van der Waals surface area contributed by atoms with Gasteiger partial charge in [0.15, 0.2) is 0 Å². The van der Waals surface area contributed by atoms with Crippen molar-refractivity contribution < 1.29 is 18.0 Å². The zero-order valence-corrected chi connectivity index (χ0v) is 20.9. The van der Waals surface area contributed by atoms with Crippen LogP contribution in [0.4, 0.5) is 24.5 Å². The van der Waals surface area contributed by atoms with Gasteiger partial charge in [-0.2, -0.15) is 13.2 Å². The molecule has 0 unspecified atom stereocenters. The molecule has 0 bridgehead atoms. The molecule has 0 saturated carbocycles. The third-order valence-electron chi connectivity index (χ3n) is 6.52. The Bertz CT molecular complexity index is 1330. The van der Waals surface area contributed by atoms with Gasteiger partial charge in [0.05, 0.1) is 5.56 Å². The lowest BCUT2D eigenvalue weighted by molar-refractivity contribution is -0.137. The number of thiophene rings is 1. The van der Waals surface area contributed by atoms with Crippen LogP contribution < -0.4 is 10.2 Å². The summed E-state index contributed by atoms with van der Waals surface area (Å²) in [6, 6.07) is 23.8. The number of piperazine rings is 1. The van der Waals surface area contributed by atoms with Crippen LogP contribution in [-0.4, -0.2) is 37.0 Å². The van der Waals surface area contributed by atoms with E-state index in [1.165, 1.54) is 17.0 Å². The maximum Gasteiger partial charge on any atom is 0.416 e. The van der Waals surface area contributed by atoms with Crippen LogP contribution in [0, 0.1) is 0 Å². The summed E-state index contributed by atoms with van der Waals surface area (Å²) < 4.78 is 38.8. The number of amides is 1. The molecule has 1 aliphatic heterocycles. The largest absolute Gasteiger partial charge is 0.416 e. The average molecular weight is 522 g/mol. The van der Waals surface area contributed by atoms with E-state index in [0.29, 0.717) is 22.4 Å². The summed E-state index contributed by atoms with van der Waals surface area (Å²) in [7, 11) is 0. The molecule has 37 heavy (non-hydrogen) atoms. The van der Waals surface area contributed by atoms with Crippen LogP contribution in [0.15, 0.2) is 90.3 Å². The van der Waals surface area contributed by atoms with E-state index >= 15 is 0 Å². The van der Waals surface area contributed by atoms with Gasteiger partial charge in [0.2, 0.25) is 0 Å². The maximum absolute atomic E-state index is 13.1. The van der Waals surface area contributed by atoms with Crippen LogP contribution >= 0.6 is 11.3 Å². The monoisotopic (exact) mass is 521 g/mol. The van der Waals surface area contributed by atoms with Crippen molar-refractivity contribution >= 4 is 28.6 Å². The van der Waals surface area contributed by atoms with Crippen LogP contribution in [-0.2, 0) is 12.7 Å². The van der Waals surface area contributed by atoms with E-state index in [9.17, 15) is 18.0 Å². The first-order chi connectivity index (χ1) is 17.9. The molecule has 8 heteroatoms. The van der Waals surface area contributed by atoms with Crippen LogP contribution in [0.3, 0.4) is 0 Å². The second-order valence-electron chi connectivity index (χ2n) is 8.96. The van der Waals surface area contributed by atoms with Gasteiger partial charge in [-0.15, -0.1) is 11.3 Å². The Kier molecular flexibility index (Phi) is 7.30. The van der Waals surface area contributed by atoms with Gasteiger partial charge in [0.1, 0.15) is 0 Å². The highest BCUT2D eigenvalue weighted by atomic mass is 32.1. The first-order valence-electron chi connectivity index (χ1n) is 12.0. The smallest absolute Gasteiger partial charge is 0.369 e. The summed E-state index contributed by atoms with van der Waals surface area (Å²) in [4.78, 5) is 19.3. The van der Waals surface area contributed by atoms with Crippen LogP contribution in [0.25, 0.3) is 11.1 Å². The van der Waals surface area contributed by atoms with E-state index in [1.807, 2.05) is 24.3 Å². The second kappa shape index (κ2) is 10.8. The zero-order chi connectivity index (χ0) is 25.8. The molecule has 5 rings (SSSR count). The van der Waals surface area contributed by atoms with Crippen LogP contribution in [0.5, 0.6) is 0 Å². The van der Waals surface area contributed by atoms with Crippen molar-refractivity contribution in [1.29, 1.82) is 0 Å². The molecule has 1 saturated heterocycles. The average Bonchev–Trinajstić information content (AvgIpc) is 3.42. The third kappa shape index (κ3) is 6.03. The molecular formula is C29H26F3N3OS. The fourth-order valence-electron chi connectivity index (χ4n) is 4.51. The minimum Gasteiger partial charge on any atom is -0.369 e. The number of hydrogen-bond donors (Lipinski definition) is 1. The van der Waals surface area contributed by atoms with Gasteiger partial charge in [-0.1, -0.05) is 36.4 Å². The van der Waals surface area contributed by atoms with E-state index in [-0.39, 0.29) is 5.91 Å². The number of alkyl halides is 3. The van der Waals surface area contributed by atoms with Crippen molar-refractivity contribution in [1.82, 2.24) is 4.90 Å². The number of anilines is 2. The molecule has 0 atom stereocenters. The fraction of sp³-hybridized carbons (Fsp3) is 0.207. The number of nitrogens with one attached hydrogen (secondary N) is 1. The lowest BCUT2D eigenvalue weighted by atomic mass is 9.98. The standard InChI is InChI=1S/C29H26F3N3OS/c30-29(31,32)22-9-7-21(8-10-22)26-5-1-2-6-27(26)28(36)33-23-11-13-24(14-12-23)35-17-15-34(16-18-35)20-25-4-3-19-37-25/h1-14,19H,15-18,20H2,(H,33,36). The van der Waals surface area contributed by atoms with Crippen LogP contribution in [0.1, 0.15) is 20.8 Å². The summed E-state index contributed by atoms with van der Waals surface area (Å²) >= 11 is 1.79. The third-order valence-corrected chi connectivity index (χ3v) is 7.38.